The van der Waals surface area contributed by atoms with E-state index < -0.39 is 0 Å². The van der Waals surface area contributed by atoms with Crippen molar-refractivity contribution in [3.8, 4) is 5.82 Å². The Morgan fingerprint density at radius 1 is 1.14 bits per heavy atom. The van der Waals surface area contributed by atoms with Crippen LogP contribution in [-0.2, 0) is 6.54 Å². The summed E-state index contributed by atoms with van der Waals surface area (Å²) in [6.45, 7) is 0.586. The Hall–Kier alpha value is -2.04. The highest BCUT2D eigenvalue weighted by molar-refractivity contribution is 6.33. The van der Waals surface area contributed by atoms with Crippen molar-refractivity contribution in [2.24, 2.45) is 0 Å². The fraction of sp³-hybridized carbons (Fsp3) is 0.0667. The second-order valence-corrected chi connectivity index (χ2v) is 5.29. The van der Waals surface area contributed by atoms with Crippen LogP contribution in [0, 0.1) is 0 Å². The molecule has 3 rings (SSSR count). The van der Waals surface area contributed by atoms with Crippen LogP contribution in [0.4, 0.5) is 5.69 Å². The summed E-state index contributed by atoms with van der Waals surface area (Å²) in [5.41, 5.74) is 1.85. The summed E-state index contributed by atoms with van der Waals surface area (Å²) in [5, 5.41) is 8.76. The van der Waals surface area contributed by atoms with Crippen molar-refractivity contribution < 1.29 is 0 Å². The van der Waals surface area contributed by atoms with Gasteiger partial charge in [0.1, 0.15) is 0 Å². The molecule has 0 fully saturated rings. The van der Waals surface area contributed by atoms with Crippen LogP contribution in [0.25, 0.3) is 5.82 Å². The number of aromatic nitrogens is 3. The van der Waals surface area contributed by atoms with Gasteiger partial charge in [0.2, 0.25) is 0 Å². The standard InChI is InChI=1S/C15H12Cl2N4/c16-12-2-4-14(17)11(8-12)9-18-13-3-5-15(19-10-13)21-7-1-6-20-21/h1-8,10,18H,9H2. The largest absolute Gasteiger partial charge is 0.380 e. The highest BCUT2D eigenvalue weighted by atomic mass is 35.5. The summed E-state index contributed by atoms with van der Waals surface area (Å²) in [7, 11) is 0. The monoisotopic (exact) mass is 318 g/mol. The second kappa shape index (κ2) is 6.16. The van der Waals surface area contributed by atoms with Crippen molar-refractivity contribution in [1.82, 2.24) is 14.8 Å². The molecule has 1 N–H and O–H groups in total. The van der Waals surface area contributed by atoms with E-state index >= 15 is 0 Å². The summed E-state index contributed by atoms with van der Waals surface area (Å²) < 4.78 is 1.71. The molecular formula is C15H12Cl2N4. The van der Waals surface area contributed by atoms with Crippen LogP contribution >= 0.6 is 23.2 Å². The molecule has 0 radical (unpaired) electrons. The molecule has 3 aromatic rings. The molecule has 0 unspecified atom stereocenters. The van der Waals surface area contributed by atoms with Gasteiger partial charge in [0.05, 0.1) is 11.9 Å². The predicted molar refractivity (Wildman–Crippen MR) is 85.1 cm³/mol. The van der Waals surface area contributed by atoms with Crippen LogP contribution < -0.4 is 5.32 Å². The lowest BCUT2D eigenvalue weighted by Crippen LogP contribution is -2.02. The number of rotatable bonds is 4. The van der Waals surface area contributed by atoms with Crippen molar-refractivity contribution in [3.63, 3.8) is 0 Å². The smallest absolute Gasteiger partial charge is 0.153 e. The van der Waals surface area contributed by atoms with Crippen LogP contribution in [0.15, 0.2) is 55.0 Å². The lowest BCUT2D eigenvalue weighted by atomic mass is 10.2. The normalized spacial score (nSPS) is 10.6. The molecule has 6 heteroatoms. The lowest BCUT2D eigenvalue weighted by Gasteiger charge is -2.09. The number of nitrogens with one attached hydrogen (secondary N) is 1. The highest BCUT2D eigenvalue weighted by Crippen LogP contribution is 2.21. The first-order valence-corrected chi connectivity index (χ1v) is 7.12. The molecule has 2 heterocycles. The van der Waals surface area contributed by atoms with Crippen LogP contribution in [0.5, 0.6) is 0 Å². The van der Waals surface area contributed by atoms with Crippen molar-refractivity contribution in [2.75, 3.05) is 5.32 Å². The molecule has 0 spiro atoms. The van der Waals surface area contributed by atoms with E-state index in [0.29, 0.717) is 16.6 Å². The number of nitrogens with zero attached hydrogens (tertiary/aromatic N) is 3. The number of pyridine rings is 1. The zero-order valence-corrected chi connectivity index (χ0v) is 12.5. The molecule has 2 aromatic heterocycles. The SMILES string of the molecule is Clc1ccc(Cl)c(CNc2ccc(-n3cccn3)nc2)c1. The van der Waals surface area contributed by atoms with E-state index in [4.69, 9.17) is 23.2 Å². The maximum atomic E-state index is 6.13. The van der Waals surface area contributed by atoms with Crippen LogP contribution in [-0.4, -0.2) is 14.8 Å². The Kier molecular flexibility index (Phi) is 4.08. The molecule has 106 valence electrons. The molecule has 21 heavy (non-hydrogen) atoms. The maximum absolute atomic E-state index is 6.13. The van der Waals surface area contributed by atoms with Gasteiger partial charge in [0, 0.05) is 29.0 Å². The number of halogens is 2. The average Bonchev–Trinajstić information content (AvgIpc) is 3.03. The van der Waals surface area contributed by atoms with Gasteiger partial charge in [-0.2, -0.15) is 5.10 Å². The Morgan fingerprint density at radius 2 is 2.05 bits per heavy atom. The van der Waals surface area contributed by atoms with Crippen LogP contribution in [0.1, 0.15) is 5.56 Å². The summed E-state index contributed by atoms with van der Waals surface area (Å²) >= 11 is 12.1. The summed E-state index contributed by atoms with van der Waals surface area (Å²) in [6, 6.07) is 11.1. The fourth-order valence-corrected chi connectivity index (χ4v) is 2.29. The number of benzene rings is 1. The number of hydrogen-bond acceptors (Lipinski definition) is 3. The summed E-state index contributed by atoms with van der Waals surface area (Å²) in [5.74, 6) is 0.770. The van der Waals surface area contributed by atoms with Gasteiger partial charge in [-0.15, -0.1) is 0 Å². The minimum Gasteiger partial charge on any atom is -0.380 e. The molecule has 4 nitrogen and oxygen atoms in total. The molecule has 0 aliphatic heterocycles. The highest BCUT2D eigenvalue weighted by Gasteiger charge is 2.02. The van der Waals surface area contributed by atoms with E-state index in [1.54, 1.807) is 29.2 Å². The van der Waals surface area contributed by atoms with E-state index in [9.17, 15) is 0 Å². The van der Waals surface area contributed by atoms with Gasteiger partial charge in [-0.05, 0) is 42.0 Å². The quantitative estimate of drug-likeness (QED) is 0.784. The van der Waals surface area contributed by atoms with E-state index in [1.165, 1.54) is 0 Å². The van der Waals surface area contributed by atoms with E-state index in [0.717, 1.165) is 17.1 Å². The Balaban J connectivity index is 1.70. The molecule has 1 aromatic carbocycles. The molecular weight excluding hydrogens is 307 g/mol. The third-order valence-electron chi connectivity index (χ3n) is 2.98. The molecule has 0 saturated heterocycles. The fourth-order valence-electron chi connectivity index (χ4n) is 1.91. The Bertz CT molecular complexity index is 724. The zero-order chi connectivity index (χ0) is 14.7. The molecule has 0 bridgehead atoms. The van der Waals surface area contributed by atoms with Crippen LogP contribution in [0.3, 0.4) is 0 Å². The van der Waals surface area contributed by atoms with Crippen LogP contribution in [0.2, 0.25) is 10.0 Å². The lowest BCUT2D eigenvalue weighted by molar-refractivity contribution is 0.847. The Labute approximate surface area is 132 Å². The van der Waals surface area contributed by atoms with Gasteiger partial charge in [-0.3, -0.25) is 0 Å². The molecule has 0 aliphatic carbocycles. The van der Waals surface area contributed by atoms with Gasteiger partial charge in [0.25, 0.3) is 0 Å². The van der Waals surface area contributed by atoms with Gasteiger partial charge in [-0.25, -0.2) is 9.67 Å². The number of hydrogen-bond donors (Lipinski definition) is 1. The number of anilines is 1. The second-order valence-electron chi connectivity index (χ2n) is 4.44. The molecule has 0 amide bonds. The third kappa shape index (κ3) is 3.35. The van der Waals surface area contributed by atoms with E-state index in [2.05, 4.69) is 15.4 Å². The Morgan fingerprint density at radius 3 is 2.76 bits per heavy atom. The van der Waals surface area contributed by atoms with E-state index in [-0.39, 0.29) is 0 Å². The predicted octanol–water partition coefficient (Wildman–Crippen LogP) is 4.19. The molecule has 0 aliphatic rings. The summed E-state index contributed by atoms with van der Waals surface area (Å²) in [6.07, 6.45) is 5.33. The average molecular weight is 319 g/mol. The first kappa shape index (κ1) is 13.9. The van der Waals surface area contributed by atoms with Crippen molar-refractivity contribution >= 4 is 28.9 Å². The molecule has 0 atom stereocenters. The topological polar surface area (TPSA) is 42.7 Å². The van der Waals surface area contributed by atoms with Crippen molar-refractivity contribution in [2.45, 2.75) is 6.54 Å². The maximum Gasteiger partial charge on any atom is 0.153 e. The van der Waals surface area contributed by atoms with Crippen molar-refractivity contribution in [1.29, 1.82) is 0 Å². The minimum atomic E-state index is 0.586. The van der Waals surface area contributed by atoms with E-state index in [1.807, 2.05) is 30.5 Å². The first-order chi connectivity index (χ1) is 10.2. The van der Waals surface area contributed by atoms with Gasteiger partial charge in [-0.1, -0.05) is 23.2 Å². The van der Waals surface area contributed by atoms with Gasteiger partial charge < -0.3 is 5.32 Å². The molecule has 0 saturated carbocycles. The summed E-state index contributed by atoms with van der Waals surface area (Å²) in [4.78, 5) is 4.35. The van der Waals surface area contributed by atoms with Gasteiger partial charge in [0.15, 0.2) is 5.82 Å². The first-order valence-electron chi connectivity index (χ1n) is 6.36. The minimum absolute atomic E-state index is 0.586. The van der Waals surface area contributed by atoms with Gasteiger partial charge >= 0.3 is 0 Å². The van der Waals surface area contributed by atoms with Crippen molar-refractivity contribution in [3.05, 3.63) is 70.6 Å². The zero-order valence-electron chi connectivity index (χ0n) is 11.0. The third-order valence-corrected chi connectivity index (χ3v) is 3.58.